The molecule has 1 aromatic heterocycles. The number of hydrogen-bond donors (Lipinski definition) is 1. The molecule has 3 rings (SSSR count). The topological polar surface area (TPSA) is 51.8 Å². The minimum Gasteiger partial charge on any atom is -0.384 e. The van der Waals surface area contributed by atoms with Gasteiger partial charge in [-0.2, -0.15) is 0 Å². The SMILES string of the molecule is CSc1ccc(-c2cc(N)nc(-c3ccc(SC)cc3)n2)cc1. The molecule has 0 saturated carbocycles. The van der Waals surface area contributed by atoms with Crippen LogP contribution in [0.25, 0.3) is 22.6 Å². The van der Waals surface area contributed by atoms with Gasteiger partial charge in [-0.1, -0.05) is 24.3 Å². The summed E-state index contributed by atoms with van der Waals surface area (Å²) in [5.74, 6) is 1.13. The molecular weight excluding hydrogens is 322 g/mol. The van der Waals surface area contributed by atoms with Gasteiger partial charge in [0.2, 0.25) is 0 Å². The molecule has 0 atom stereocenters. The maximum atomic E-state index is 5.99. The first-order chi connectivity index (χ1) is 11.2. The molecule has 3 aromatic rings. The molecule has 0 fully saturated rings. The molecule has 0 aliphatic rings. The van der Waals surface area contributed by atoms with E-state index in [1.165, 1.54) is 9.79 Å². The van der Waals surface area contributed by atoms with Crippen molar-refractivity contribution in [2.45, 2.75) is 9.79 Å². The van der Waals surface area contributed by atoms with Crippen LogP contribution in [0.3, 0.4) is 0 Å². The molecule has 1 heterocycles. The number of nitrogen functional groups attached to an aromatic ring is 1. The van der Waals surface area contributed by atoms with Gasteiger partial charge in [0.25, 0.3) is 0 Å². The molecule has 0 saturated heterocycles. The van der Waals surface area contributed by atoms with Crippen molar-refractivity contribution in [1.29, 1.82) is 0 Å². The van der Waals surface area contributed by atoms with Gasteiger partial charge in [0, 0.05) is 27.0 Å². The van der Waals surface area contributed by atoms with Crippen molar-refractivity contribution in [3.8, 4) is 22.6 Å². The highest BCUT2D eigenvalue weighted by atomic mass is 32.2. The molecule has 23 heavy (non-hydrogen) atoms. The average Bonchev–Trinajstić information content (AvgIpc) is 2.61. The first-order valence-corrected chi connectivity index (χ1v) is 9.58. The maximum Gasteiger partial charge on any atom is 0.162 e. The minimum absolute atomic E-state index is 0.480. The first-order valence-electron chi connectivity index (χ1n) is 7.13. The van der Waals surface area contributed by atoms with E-state index in [9.17, 15) is 0 Å². The molecule has 0 unspecified atom stereocenters. The van der Waals surface area contributed by atoms with E-state index in [1.807, 2.05) is 18.2 Å². The molecule has 2 aromatic carbocycles. The Hall–Kier alpha value is -1.98. The van der Waals surface area contributed by atoms with Crippen LogP contribution in [0.5, 0.6) is 0 Å². The minimum atomic E-state index is 0.480. The standard InChI is InChI=1S/C18H17N3S2/c1-22-14-7-3-12(4-8-14)16-11-17(19)21-18(20-16)13-5-9-15(23-2)10-6-13/h3-11H,1-2H3,(H2,19,20,21). The van der Waals surface area contributed by atoms with Crippen LogP contribution in [0.4, 0.5) is 5.82 Å². The molecule has 0 radical (unpaired) electrons. The Kier molecular flexibility index (Phi) is 4.88. The molecule has 0 aliphatic carbocycles. The van der Waals surface area contributed by atoms with Crippen molar-refractivity contribution >= 4 is 29.3 Å². The average molecular weight is 339 g/mol. The third-order valence-electron chi connectivity index (χ3n) is 3.48. The van der Waals surface area contributed by atoms with E-state index >= 15 is 0 Å². The summed E-state index contributed by atoms with van der Waals surface area (Å²) in [6.07, 6.45) is 4.12. The van der Waals surface area contributed by atoms with Crippen LogP contribution in [-0.2, 0) is 0 Å². The molecule has 0 bridgehead atoms. The van der Waals surface area contributed by atoms with E-state index in [0.29, 0.717) is 11.6 Å². The summed E-state index contributed by atoms with van der Waals surface area (Å²) < 4.78 is 0. The fraction of sp³-hybridized carbons (Fsp3) is 0.111. The van der Waals surface area contributed by atoms with Gasteiger partial charge in [0.15, 0.2) is 5.82 Å². The monoisotopic (exact) mass is 339 g/mol. The van der Waals surface area contributed by atoms with Crippen molar-refractivity contribution in [3.05, 3.63) is 54.6 Å². The van der Waals surface area contributed by atoms with Gasteiger partial charge in [0.1, 0.15) is 5.82 Å². The molecule has 0 spiro atoms. The summed E-state index contributed by atoms with van der Waals surface area (Å²) in [5, 5.41) is 0. The van der Waals surface area contributed by atoms with E-state index in [1.54, 1.807) is 23.5 Å². The Labute approximate surface area is 144 Å². The lowest BCUT2D eigenvalue weighted by atomic mass is 10.1. The van der Waals surface area contributed by atoms with Crippen molar-refractivity contribution in [3.63, 3.8) is 0 Å². The fourth-order valence-corrected chi connectivity index (χ4v) is 3.06. The van der Waals surface area contributed by atoms with Gasteiger partial charge >= 0.3 is 0 Å². The van der Waals surface area contributed by atoms with Gasteiger partial charge in [0.05, 0.1) is 5.69 Å². The predicted octanol–water partition coefficient (Wildman–Crippen LogP) is 4.84. The summed E-state index contributed by atoms with van der Waals surface area (Å²) in [6, 6.07) is 18.3. The lowest BCUT2D eigenvalue weighted by Crippen LogP contribution is -1.98. The Morgan fingerprint density at radius 3 is 1.78 bits per heavy atom. The summed E-state index contributed by atoms with van der Waals surface area (Å²) >= 11 is 3.43. The van der Waals surface area contributed by atoms with Gasteiger partial charge in [-0.15, -0.1) is 23.5 Å². The van der Waals surface area contributed by atoms with Gasteiger partial charge < -0.3 is 5.73 Å². The molecule has 3 nitrogen and oxygen atoms in total. The molecular formula is C18H17N3S2. The van der Waals surface area contributed by atoms with Crippen LogP contribution in [0.1, 0.15) is 0 Å². The van der Waals surface area contributed by atoms with Crippen molar-refractivity contribution in [1.82, 2.24) is 9.97 Å². The van der Waals surface area contributed by atoms with Crippen LogP contribution in [0.15, 0.2) is 64.4 Å². The first kappa shape index (κ1) is 15.9. The van der Waals surface area contributed by atoms with Crippen LogP contribution < -0.4 is 5.73 Å². The zero-order valence-electron chi connectivity index (χ0n) is 13.0. The van der Waals surface area contributed by atoms with Crippen molar-refractivity contribution in [2.75, 3.05) is 18.2 Å². The number of thioether (sulfide) groups is 2. The van der Waals surface area contributed by atoms with Crippen LogP contribution in [-0.4, -0.2) is 22.5 Å². The zero-order valence-corrected chi connectivity index (χ0v) is 14.6. The van der Waals surface area contributed by atoms with E-state index in [0.717, 1.165) is 16.8 Å². The molecule has 2 N–H and O–H groups in total. The summed E-state index contributed by atoms with van der Waals surface area (Å²) in [6.45, 7) is 0. The number of benzene rings is 2. The highest BCUT2D eigenvalue weighted by Gasteiger charge is 2.07. The van der Waals surface area contributed by atoms with E-state index < -0.39 is 0 Å². The van der Waals surface area contributed by atoms with Crippen molar-refractivity contribution < 1.29 is 0 Å². The highest BCUT2D eigenvalue weighted by Crippen LogP contribution is 2.26. The Morgan fingerprint density at radius 2 is 1.26 bits per heavy atom. The number of anilines is 1. The van der Waals surface area contributed by atoms with Gasteiger partial charge in [-0.05, 0) is 36.8 Å². The third kappa shape index (κ3) is 3.68. The smallest absolute Gasteiger partial charge is 0.162 e. The molecule has 0 aliphatic heterocycles. The highest BCUT2D eigenvalue weighted by molar-refractivity contribution is 7.98. The van der Waals surface area contributed by atoms with Crippen LogP contribution >= 0.6 is 23.5 Å². The quantitative estimate of drug-likeness (QED) is 0.690. The second kappa shape index (κ2) is 7.06. The second-order valence-corrected chi connectivity index (χ2v) is 6.72. The number of rotatable bonds is 4. The Bertz CT molecular complexity index is 734. The number of nitrogens with zero attached hydrogens (tertiary/aromatic N) is 2. The summed E-state index contributed by atoms with van der Waals surface area (Å²) in [4.78, 5) is 11.5. The number of hydrogen-bond acceptors (Lipinski definition) is 5. The molecule has 116 valence electrons. The normalized spacial score (nSPS) is 10.7. The summed E-state index contributed by atoms with van der Waals surface area (Å²) in [7, 11) is 0. The van der Waals surface area contributed by atoms with Gasteiger partial charge in [-0.3, -0.25) is 0 Å². The van der Waals surface area contributed by atoms with E-state index in [2.05, 4.69) is 58.9 Å². The van der Waals surface area contributed by atoms with Gasteiger partial charge in [-0.25, -0.2) is 9.97 Å². The Morgan fingerprint density at radius 1 is 0.739 bits per heavy atom. The fourth-order valence-electron chi connectivity index (χ4n) is 2.24. The van der Waals surface area contributed by atoms with Crippen LogP contribution in [0, 0.1) is 0 Å². The number of nitrogens with two attached hydrogens (primary N) is 1. The van der Waals surface area contributed by atoms with Crippen molar-refractivity contribution in [2.24, 2.45) is 0 Å². The third-order valence-corrected chi connectivity index (χ3v) is 4.97. The summed E-state index contributed by atoms with van der Waals surface area (Å²) in [5.41, 5.74) is 8.84. The second-order valence-electron chi connectivity index (χ2n) is 4.96. The maximum absolute atomic E-state index is 5.99. The lowest BCUT2D eigenvalue weighted by molar-refractivity contribution is 1.18. The van der Waals surface area contributed by atoms with E-state index in [-0.39, 0.29) is 0 Å². The number of aromatic nitrogens is 2. The Balaban J connectivity index is 2.00. The van der Waals surface area contributed by atoms with E-state index in [4.69, 9.17) is 5.73 Å². The molecule has 5 heteroatoms. The zero-order chi connectivity index (χ0) is 16.2. The lowest BCUT2D eigenvalue weighted by Gasteiger charge is -2.07. The molecule has 0 amide bonds. The predicted molar refractivity (Wildman–Crippen MR) is 101 cm³/mol. The largest absolute Gasteiger partial charge is 0.384 e. The van der Waals surface area contributed by atoms with Crippen LogP contribution in [0.2, 0.25) is 0 Å².